The number of benzene rings is 1. The highest BCUT2D eigenvalue weighted by Gasteiger charge is 2.24. The fourth-order valence-electron chi connectivity index (χ4n) is 3.38. The first-order valence-corrected chi connectivity index (χ1v) is 8.29. The highest BCUT2D eigenvalue weighted by Crippen LogP contribution is 2.28. The third-order valence-electron chi connectivity index (χ3n) is 4.52. The second kappa shape index (κ2) is 6.23. The van der Waals surface area contributed by atoms with E-state index >= 15 is 0 Å². The molecule has 3 rings (SSSR count). The Morgan fingerprint density at radius 2 is 1.63 bits per heavy atom. The maximum absolute atomic E-state index is 3.49. The summed E-state index contributed by atoms with van der Waals surface area (Å²) in [6.45, 7) is 2.54. The van der Waals surface area contributed by atoms with Crippen LogP contribution in [0, 0.1) is 0 Å². The van der Waals surface area contributed by atoms with Crippen molar-refractivity contribution in [2.75, 3.05) is 13.1 Å². The lowest BCUT2D eigenvalue weighted by atomic mass is 9.99. The van der Waals surface area contributed by atoms with Crippen molar-refractivity contribution >= 4 is 22.0 Å². The van der Waals surface area contributed by atoms with Gasteiger partial charge in [0.15, 0.2) is 0 Å². The van der Waals surface area contributed by atoms with Gasteiger partial charge < -0.3 is 0 Å². The van der Waals surface area contributed by atoms with Gasteiger partial charge in [-0.1, -0.05) is 52.6 Å². The van der Waals surface area contributed by atoms with E-state index in [-0.39, 0.29) is 0 Å². The molecule has 0 N–H and O–H groups in total. The van der Waals surface area contributed by atoms with E-state index < -0.39 is 0 Å². The molecule has 0 unspecified atom stereocenters. The minimum absolute atomic E-state index is 0.897. The molecule has 0 radical (unpaired) electrons. The standard InChI is InChI=1S/C17H22BrN/c18-16-7-5-14(6-8-16)13-15-9-11-19(12-10-15)17-3-1-2-4-17/h5-8,13,17H,1-4,9-12H2. The molecule has 0 aromatic heterocycles. The van der Waals surface area contributed by atoms with Crippen LogP contribution in [0.25, 0.3) is 6.08 Å². The molecule has 1 heterocycles. The predicted octanol–water partition coefficient (Wildman–Crippen LogP) is 4.87. The van der Waals surface area contributed by atoms with E-state index in [0.717, 1.165) is 10.5 Å². The molecular weight excluding hydrogens is 298 g/mol. The van der Waals surface area contributed by atoms with Crippen molar-refractivity contribution in [2.45, 2.75) is 44.6 Å². The van der Waals surface area contributed by atoms with E-state index in [9.17, 15) is 0 Å². The van der Waals surface area contributed by atoms with Gasteiger partial charge in [0.25, 0.3) is 0 Å². The Kier molecular flexibility index (Phi) is 4.39. The topological polar surface area (TPSA) is 3.24 Å². The van der Waals surface area contributed by atoms with Crippen molar-refractivity contribution in [1.82, 2.24) is 4.90 Å². The summed E-state index contributed by atoms with van der Waals surface area (Å²) in [6.07, 6.45) is 10.7. The fraction of sp³-hybridized carbons (Fsp3) is 0.529. The maximum atomic E-state index is 3.49. The molecule has 2 aliphatic rings. The monoisotopic (exact) mass is 319 g/mol. The van der Waals surface area contributed by atoms with Crippen LogP contribution in [0.1, 0.15) is 44.1 Å². The molecule has 0 bridgehead atoms. The summed E-state index contributed by atoms with van der Waals surface area (Å²) in [7, 11) is 0. The molecule has 1 aliphatic heterocycles. The molecule has 0 amide bonds. The number of piperidine rings is 1. The van der Waals surface area contributed by atoms with Gasteiger partial charge in [0.2, 0.25) is 0 Å². The van der Waals surface area contributed by atoms with Gasteiger partial charge in [0, 0.05) is 23.6 Å². The summed E-state index contributed by atoms with van der Waals surface area (Å²) in [5, 5.41) is 0. The maximum Gasteiger partial charge on any atom is 0.0175 e. The first-order chi connectivity index (χ1) is 9.31. The van der Waals surface area contributed by atoms with Gasteiger partial charge in [-0.25, -0.2) is 0 Å². The molecule has 2 heteroatoms. The van der Waals surface area contributed by atoms with Crippen LogP contribution in [0.3, 0.4) is 0 Å². The second-order valence-corrected chi connectivity index (χ2v) is 6.74. The van der Waals surface area contributed by atoms with Crippen LogP contribution in [0.5, 0.6) is 0 Å². The zero-order chi connectivity index (χ0) is 13.1. The average molecular weight is 320 g/mol. The smallest absolute Gasteiger partial charge is 0.0175 e. The Bertz CT molecular complexity index is 433. The van der Waals surface area contributed by atoms with E-state index in [0.29, 0.717) is 0 Å². The molecule has 102 valence electrons. The van der Waals surface area contributed by atoms with Crippen LogP contribution in [0.2, 0.25) is 0 Å². The fourth-order valence-corrected chi connectivity index (χ4v) is 3.65. The number of likely N-dealkylation sites (tertiary alicyclic amines) is 1. The minimum atomic E-state index is 0.897. The van der Waals surface area contributed by atoms with Gasteiger partial charge in [-0.3, -0.25) is 4.90 Å². The largest absolute Gasteiger partial charge is 0.300 e. The van der Waals surface area contributed by atoms with E-state index in [1.54, 1.807) is 5.57 Å². The second-order valence-electron chi connectivity index (χ2n) is 5.83. The Morgan fingerprint density at radius 3 is 2.26 bits per heavy atom. The highest BCUT2D eigenvalue weighted by molar-refractivity contribution is 9.10. The normalized spacial score (nSPS) is 21.8. The Morgan fingerprint density at radius 1 is 1.00 bits per heavy atom. The first-order valence-electron chi connectivity index (χ1n) is 7.50. The third kappa shape index (κ3) is 3.49. The molecule has 19 heavy (non-hydrogen) atoms. The van der Waals surface area contributed by atoms with Crippen LogP contribution in [-0.2, 0) is 0 Å². The summed E-state index contributed by atoms with van der Waals surface area (Å²) in [5.74, 6) is 0. The number of rotatable bonds is 2. The zero-order valence-electron chi connectivity index (χ0n) is 11.4. The molecule has 1 aromatic rings. The SMILES string of the molecule is Brc1ccc(C=C2CCN(C3CCCC3)CC2)cc1. The summed E-state index contributed by atoms with van der Waals surface area (Å²) in [6, 6.07) is 9.54. The van der Waals surface area contributed by atoms with Crippen LogP contribution in [0.4, 0.5) is 0 Å². The van der Waals surface area contributed by atoms with E-state index in [2.05, 4.69) is 51.2 Å². The predicted molar refractivity (Wildman–Crippen MR) is 85.2 cm³/mol. The molecule has 1 saturated heterocycles. The van der Waals surface area contributed by atoms with Crippen LogP contribution < -0.4 is 0 Å². The van der Waals surface area contributed by atoms with Gasteiger partial charge in [-0.2, -0.15) is 0 Å². The quantitative estimate of drug-likeness (QED) is 0.751. The van der Waals surface area contributed by atoms with E-state index in [1.165, 1.54) is 57.2 Å². The summed E-state index contributed by atoms with van der Waals surface area (Å²) >= 11 is 3.49. The molecular formula is C17H22BrN. The van der Waals surface area contributed by atoms with Crippen molar-refractivity contribution in [2.24, 2.45) is 0 Å². The van der Waals surface area contributed by atoms with Gasteiger partial charge in [0.05, 0.1) is 0 Å². The van der Waals surface area contributed by atoms with Crippen molar-refractivity contribution in [3.8, 4) is 0 Å². The van der Waals surface area contributed by atoms with Crippen molar-refractivity contribution in [3.63, 3.8) is 0 Å². The lowest BCUT2D eigenvalue weighted by molar-refractivity contribution is 0.186. The lowest BCUT2D eigenvalue weighted by Gasteiger charge is -2.33. The van der Waals surface area contributed by atoms with Crippen molar-refractivity contribution in [3.05, 3.63) is 39.9 Å². The van der Waals surface area contributed by atoms with Crippen LogP contribution in [0.15, 0.2) is 34.3 Å². The summed E-state index contributed by atoms with van der Waals surface area (Å²) in [4.78, 5) is 2.73. The Balaban J connectivity index is 1.58. The first kappa shape index (κ1) is 13.4. The number of hydrogen-bond donors (Lipinski definition) is 0. The molecule has 1 nitrogen and oxygen atoms in total. The molecule has 1 aliphatic carbocycles. The van der Waals surface area contributed by atoms with E-state index in [4.69, 9.17) is 0 Å². The number of hydrogen-bond acceptors (Lipinski definition) is 1. The van der Waals surface area contributed by atoms with Gasteiger partial charge in [-0.05, 0) is 43.4 Å². The van der Waals surface area contributed by atoms with E-state index in [1.807, 2.05) is 0 Å². The lowest BCUT2D eigenvalue weighted by Crippen LogP contribution is -2.38. The van der Waals surface area contributed by atoms with Crippen LogP contribution in [-0.4, -0.2) is 24.0 Å². The summed E-state index contributed by atoms with van der Waals surface area (Å²) in [5.41, 5.74) is 2.96. The Hall–Kier alpha value is -0.600. The van der Waals surface area contributed by atoms with Crippen LogP contribution >= 0.6 is 15.9 Å². The van der Waals surface area contributed by atoms with Gasteiger partial charge >= 0.3 is 0 Å². The van der Waals surface area contributed by atoms with Crippen molar-refractivity contribution < 1.29 is 0 Å². The molecule has 1 aromatic carbocycles. The Labute approximate surface area is 124 Å². The average Bonchev–Trinajstić information content (AvgIpc) is 2.96. The molecule has 1 saturated carbocycles. The number of halogens is 1. The molecule has 0 atom stereocenters. The zero-order valence-corrected chi connectivity index (χ0v) is 13.0. The highest BCUT2D eigenvalue weighted by atomic mass is 79.9. The third-order valence-corrected chi connectivity index (χ3v) is 5.05. The van der Waals surface area contributed by atoms with Crippen molar-refractivity contribution in [1.29, 1.82) is 0 Å². The van der Waals surface area contributed by atoms with Gasteiger partial charge in [-0.15, -0.1) is 0 Å². The summed E-state index contributed by atoms with van der Waals surface area (Å²) < 4.78 is 1.16. The molecule has 0 spiro atoms. The molecule has 2 fully saturated rings. The number of nitrogens with zero attached hydrogens (tertiary/aromatic N) is 1. The minimum Gasteiger partial charge on any atom is -0.300 e. The van der Waals surface area contributed by atoms with Gasteiger partial charge in [0.1, 0.15) is 0 Å².